The van der Waals surface area contributed by atoms with E-state index in [-0.39, 0.29) is 11.6 Å². The van der Waals surface area contributed by atoms with Gasteiger partial charge in [0.1, 0.15) is 5.54 Å². The molecule has 0 bridgehead atoms. The van der Waals surface area contributed by atoms with Crippen LogP contribution in [0.1, 0.15) is 28.9 Å². The van der Waals surface area contributed by atoms with E-state index < -0.39 is 10.5 Å². The first-order valence-corrected chi connectivity index (χ1v) is 7.66. The summed E-state index contributed by atoms with van der Waals surface area (Å²) in [6.07, 6.45) is 2.34. The summed E-state index contributed by atoms with van der Waals surface area (Å²) in [7, 11) is 1.65. The Morgan fingerprint density at radius 3 is 2.73 bits per heavy atom. The van der Waals surface area contributed by atoms with Crippen molar-refractivity contribution in [3.8, 4) is 6.07 Å². The summed E-state index contributed by atoms with van der Waals surface area (Å²) < 4.78 is 0.821. The summed E-state index contributed by atoms with van der Waals surface area (Å²) in [6.45, 7) is 0. The van der Waals surface area contributed by atoms with E-state index in [0.29, 0.717) is 23.1 Å². The number of fused-ring (bicyclic) bond motifs is 1. The second-order valence-corrected chi connectivity index (χ2v) is 6.53. The summed E-state index contributed by atoms with van der Waals surface area (Å²) in [4.78, 5) is 24.9. The minimum absolute atomic E-state index is 0.00476. The summed E-state index contributed by atoms with van der Waals surface area (Å²) in [5.41, 5.74) is -0.690. The number of nitriles is 1. The van der Waals surface area contributed by atoms with Crippen molar-refractivity contribution < 1.29 is 9.72 Å². The molecule has 1 aromatic carbocycles. The van der Waals surface area contributed by atoms with Crippen LogP contribution in [0.4, 0.5) is 5.69 Å². The lowest BCUT2D eigenvalue weighted by Gasteiger charge is -2.42. The monoisotopic (exact) mass is 315 g/mol. The second kappa shape index (κ2) is 5.07. The van der Waals surface area contributed by atoms with Crippen LogP contribution in [0.5, 0.6) is 0 Å². The van der Waals surface area contributed by atoms with Gasteiger partial charge in [-0.25, -0.2) is 0 Å². The molecule has 0 unspecified atom stereocenters. The number of hydrogen-bond acceptors (Lipinski definition) is 5. The third-order valence-electron chi connectivity index (χ3n) is 4.26. The minimum atomic E-state index is -0.695. The van der Waals surface area contributed by atoms with Crippen LogP contribution < -0.4 is 0 Å². The smallest absolute Gasteiger partial charge is 0.270 e. The number of nitro groups is 1. The van der Waals surface area contributed by atoms with Crippen LogP contribution in [-0.4, -0.2) is 28.3 Å². The van der Waals surface area contributed by atoms with Gasteiger partial charge < -0.3 is 4.90 Å². The summed E-state index contributed by atoms with van der Waals surface area (Å²) in [5.74, 6) is -0.204. The van der Waals surface area contributed by atoms with Crippen molar-refractivity contribution in [3.05, 3.63) is 39.3 Å². The van der Waals surface area contributed by atoms with Crippen molar-refractivity contribution in [1.82, 2.24) is 4.90 Å². The quantitative estimate of drug-likeness (QED) is 0.642. The first kappa shape index (κ1) is 14.5. The fourth-order valence-corrected chi connectivity index (χ4v) is 3.66. The Labute approximate surface area is 130 Å². The van der Waals surface area contributed by atoms with E-state index >= 15 is 0 Å². The molecule has 0 saturated heterocycles. The molecule has 22 heavy (non-hydrogen) atoms. The first-order valence-electron chi connectivity index (χ1n) is 6.84. The molecule has 1 saturated carbocycles. The van der Waals surface area contributed by atoms with Gasteiger partial charge in [-0.15, -0.1) is 11.3 Å². The highest BCUT2D eigenvalue weighted by molar-refractivity contribution is 7.20. The van der Waals surface area contributed by atoms with Gasteiger partial charge in [-0.1, -0.05) is 0 Å². The number of thiophene rings is 1. The fourth-order valence-electron chi connectivity index (χ4n) is 2.64. The summed E-state index contributed by atoms with van der Waals surface area (Å²) in [5, 5.41) is 20.8. The van der Waals surface area contributed by atoms with Gasteiger partial charge in [-0.05, 0) is 31.4 Å². The van der Waals surface area contributed by atoms with Crippen molar-refractivity contribution in [2.24, 2.45) is 0 Å². The van der Waals surface area contributed by atoms with E-state index in [0.717, 1.165) is 11.1 Å². The first-order chi connectivity index (χ1) is 10.5. The number of benzene rings is 1. The molecule has 0 radical (unpaired) electrons. The van der Waals surface area contributed by atoms with Crippen molar-refractivity contribution in [2.75, 3.05) is 7.05 Å². The number of rotatable bonds is 3. The number of amides is 1. The summed E-state index contributed by atoms with van der Waals surface area (Å²) >= 11 is 1.29. The van der Waals surface area contributed by atoms with E-state index in [1.54, 1.807) is 19.2 Å². The molecular formula is C15H13N3O3S. The number of carbonyl (C=O) groups is 1. The zero-order chi connectivity index (χ0) is 15.9. The molecule has 7 heteroatoms. The molecular weight excluding hydrogens is 302 g/mol. The molecule has 0 atom stereocenters. The number of hydrogen-bond donors (Lipinski definition) is 0. The topological polar surface area (TPSA) is 87.2 Å². The van der Waals surface area contributed by atoms with Crippen molar-refractivity contribution in [3.63, 3.8) is 0 Å². The number of nitrogens with zero attached hydrogens (tertiary/aromatic N) is 3. The Balaban J connectivity index is 1.94. The molecule has 1 aromatic heterocycles. The molecule has 0 aliphatic heterocycles. The van der Waals surface area contributed by atoms with E-state index in [1.807, 2.05) is 0 Å². The molecule has 3 rings (SSSR count). The van der Waals surface area contributed by atoms with Crippen LogP contribution in [-0.2, 0) is 0 Å². The highest BCUT2D eigenvalue weighted by Crippen LogP contribution is 2.38. The lowest BCUT2D eigenvalue weighted by Crippen LogP contribution is -2.53. The maximum absolute atomic E-state index is 12.6. The van der Waals surface area contributed by atoms with Crippen LogP contribution in [0.3, 0.4) is 0 Å². The predicted octanol–water partition coefficient (Wildman–Crippen LogP) is 3.33. The Kier molecular flexibility index (Phi) is 3.34. The fraction of sp³-hybridized carbons (Fsp3) is 0.333. The average Bonchev–Trinajstić information content (AvgIpc) is 2.88. The minimum Gasteiger partial charge on any atom is -0.322 e. The normalized spacial score (nSPS) is 15.8. The van der Waals surface area contributed by atoms with Gasteiger partial charge in [-0.3, -0.25) is 14.9 Å². The number of non-ortho nitro benzene ring substituents is 1. The largest absolute Gasteiger partial charge is 0.322 e. The highest BCUT2D eigenvalue weighted by atomic mass is 32.1. The highest BCUT2D eigenvalue weighted by Gasteiger charge is 2.43. The van der Waals surface area contributed by atoms with E-state index in [9.17, 15) is 20.2 Å². The predicted molar refractivity (Wildman–Crippen MR) is 82.8 cm³/mol. The van der Waals surface area contributed by atoms with Crippen LogP contribution in [0.15, 0.2) is 24.3 Å². The second-order valence-electron chi connectivity index (χ2n) is 5.45. The number of carbonyl (C=O) groups excluding carboxylic acids is 1. The molecule has 1 fully saturated rings. The summed E-state index contributed by atoms with van der Waals surface area (Å²) in [6, 6.07) is 8.45. The standard InChI is InChI=1S/C15H13N3O3S/c1-17(15(9-16)5-2-6-15)14(19)13-8-10-7-11(18(20)21)3-4-12(10)22-13/h3-4,7-8H,2,5-6H2,1H3. The Morgan fingerprint density at radius 1 is 1.45 bits per heavy atom. The van der Waals surface area contributed by atoms with Crippen LogP contribution in [0.25, 0.3) is 10.1 Å². The Hall–Kier alpha value is -2.46. The third-order valence-corrected chi connectivity index (χ3v) is 5.36. The Morgan fingerprint density at radius 2 is 2.18 bits per heavy atom. The van der Waals surface area contributed by atoms with E-state index in [2.05, 4.69) is 6.07 Å². The van der Waals surface area contributed by atoms with E-state index in [4.69, 9.17) is 0 Å². The number of nitro benzene ring substituents is 1. The van der Waals surface area contributed by atoms with Crippen LogP contribution in [0, 0.1) is 21.4 Å². The van der Waals surface area contributed by atoms with Crippen molar-refractivity contribution in [1.29, 1.82) is 5.26 Å². The lowest BCUT2D eigenvalue weighted by molar-refractivity contribution is -0.384. The van der Waals surface area contributed by atoms with Gasteiger partial charge in [0.05, 0.1) is 15.9 Å². The lowest BCUT2D eigenvalue weighted by atomic mass is 9.76. The van der Waals surface area contributed by atoms with Gasteiger partial charge >= 0.3 is 0 Å². The molecule has 0 N–H and O–H groups in total. The molecule has 0 spiro atoms. The molecule has 6 nitrogen and oxygen atoms in total. The van der Waals surface area contributed by atoms with Gasteiger partial charge in [0.25, 0.3) is 11.6 Å². The Bertz CT molecular complexity index is 817. The molecule has 1 heterocycles. The van der Waals surface area contributed by atoms with Gasteiger partial charge in [0.15, 0.2) is 0 Å². The van der Waals surface area contributed by atoms with Crippen molar-refractivity contribution >= 4 is 33.0 Å². The molecule has 2 aromatic rings. The van der Waals surface area contributed by atoms with Gasteiger partial charge in [-0.2, -0.15) is 5.26 Å². The van der Waals surface area contributed by atoms with Crippen LogP contribution in [0.2, 0.25) is 0 Å². The SMILES string of the molecule is CN(C(=O)c1cc2cc([N+](=O)[O-])ccc2s1)C1(C#N)CCC1. The molecule has 1 aliphatic carbocycles. The van der Waals surface area contributed by atoms with Gasteiger partial charge in [0, 0.05) is 29.3 Å². The van der Waals surface area contributed by atoms with E-state index in [1.165, 1.54) is 28.4 Å². The average molecular weight is 315 g/mol. The zero-order valence-corrected chi connectivity index (χ0v) is 12.7. The zero-order valence-electron chi connectivity index (χ0n) is 11.9. The molecule has 112 valence electrons. The maximum Gasteiger partial charge on any atom is 0.270 e. The maximum atomic E-state index is 12.6. The van der Waals surface area contributed by atoms with Crippen molar-refractivity contribution in [2.45, 2.75) is 24.8 Å². The third kappa shape index (κ3) is 2.12. The molecule has 1 amide bonds. The van der Waals surface area contributed by atoms with Crippen LogP contribution >= 0.6 is 11.3 Å². The van der Waals surface area contributed by atoms with Gasteiger partial charge in [0.2, 0.25) is 0 Å². The molecule has 1 aliphatic rings.